The molecule has 106 valence electrons. The third kappa shape index (κ3) is 2.34. The zero-order valence-corrected chi connectivity index (χ0v) is 11.5. The number of morpholine rings is 1. The summed E-state index contributed by atoms with van der Waals surface area (Å²) in [7, 11) is 0. The molecule has 0 saturated carbocycles. The van der Waals surface area contributed by atoms with Crippen LogP contribution in [0.15, 0.2) is 36.9 Å². The molecule has 0 spiro atoms. The molecule has 3 aromatic heterocycles. The molecule has 0 radical (unpaired) electrons. The van der Waals surface area contributed by atoms with Crippen LogP contribution in [-0.4, -0.2) is 46.2 Å². The van der Waals surface area contributed by atoms with E-state index in [2.05, 4.69) is 30.9 Å². The summed E-state index contributed by atoms with van der Waals surface area (Å²) in [6, 6.07) is 6.11. The largest absolute Gasteiger partial charge is 0.378 e. The van der Waals surface area contributed by atoms with Crippen LogP contribution in [0.1, 0.15) is 0 Å². The van der Waals surface area contributed by atoms with Crippen molar-refractivity contribution in [2.75, 3.05) is 31.2 Å². The van der Waals surface area contributed by atoms with Crippen molar-refractivity contribution < 1.29 is 4.74 Å². The molecule has 3 aromatic rings. The van der Waals surface area contributed by atoms with Gasteiger partial charge >= 0.3 is 0 Å². The van der Waals surface area contributed by atoms with Crippen molar-refractivity contribution in [1.29, 1.82) is 0 Å². The number of aromatic amines is 1. The van der Waals surface area contributed by atoms with Crippen molar-refractivity contribution in [3.8, 4) is 11.3 Å². The average molecular weight is 281 g/mol. The van der Waals surface area contributed by atoms with Crippen LogP contribution < -0.4 is 4.90 Å². The predicted molar refractivity (Wildman–Crippen MR) is 80.2 cm³/mol. The average Bonchev–Trinajstić information content (AvgIpc) is 3.03. The summed E-state index contributed by atoms with van der Waals surface area (Å²) in [5.74, 6) is 0.942. The highest BCUT2D eigenvalue weighted by Gasteiger charge is 2.13. The summed E-state index contributed by atoms with van der Waals surface area (Å²) >= 11 is 0. The molecular formula is C15H15N5O. The van der Waals surface area contributed by atoms with E-state index in [1.165, 1.54) is 0 Å². The Bertz CT molecular complexity index is 763. The van der Waals surface area contributed by atoms with Gasteiger partial charge in [-0.2, -0.15) is 0 Å². The summed E-state index contributed by atoms with van der Waals surface area (Å²) in [6.45, 7) is 3.23. The molecule has 0 amide bonds. The van der Waals surface area contributed by atoms with Gasteiger partial charge in [-0.15, -0.1) is 0 Å². The molecule has 4 heterocycles. The lowest BCUT2D eigenvalue weighted by Gasteiger charge is -2.27. The lowest BCUT2D eigenvalue weighted by atomic mass is 10.1. The molecule has 1 saturated heterocycles. The number of hydrogen-bond donors (Lipinski definition) is 1. The second-order valence-electron chi connectivity index (χ2n) is 5.00. The minimum absolute atomic E-state index is 0.746. The first-order valence-electron chi connectivity index (χ1n) is 6.98. The minimum Gasteiger partial charge on any atom is -0.378 e. The van der Waals surface area contributed by atoms with Crippen molar-refractivity contribution in [2.24, 2.45) is 0 Å². The summed E-state index contributed by atoms with van der Waals surface area (Å²) in [5.41, 5.74) is 2.78. The van der Waals surface area contributed by atoms with Crippen LogP contribution in [-0.2, 0) is 4.74 Å². The highest BCUT2D eigenvalue weighted by atomic mass is 16.5. The molecule has 0 aliphatic carbocycles. The molecule has 21 heavy (non-hydrogen) atoms. The Morgan fingerprint density at radius 1 is 1.10 bits per heavy atom. The van der Waals surface area contributed by atoms with Gasteiger partial charge in [-0.05, 0) is 12.1 Å². The third-order valence-corrected chi connectivity index (χ3v) is 3.68. The van der Waals surface area contributed by atoms with Gasteiger partial charge in [-0.1, -0.05) is 0 Å². The van der Waals surface area contributed by atoms with Crippen LogP contribution in [0.3, 0.4) is 0 Å². The molecular weight excluding hydrogens is 266 g/mol. The van der Waals surface area contributed by atoms with Crippen molar-refractivity contribution in [3.05, 3.63) is 36.9 Å². The number of H-pyrrole nitrogens is 1. The van der Waals surface area contributed by atoms with Gasteiger partial charge in [-0.25, -0.2) is 15.0 Å². The van der Waals surface area contributed by atoms with Crippen molar-refractivity contribution in [3.63, 3.8) is 0 Å². The number of pyridine rings is 1. The smallest absolute Gasteiger partial charge is 0.137 e. The van der Waals surface area contributed by atoms with E-state index in [0.29, 0.717) is 0 Å². The van der Waals surface area contributed by atoms with Crippen LogP contribution in [0.25, 0.3) is 22.3 Å². The number of nitrogens with zero attached hydrogens (tertiary/aromatic N) is 4. The first-order chi connectivity index (χ1) is 10.4. The first kappa shape index (κ1) is 12.3. The molecule has 0 unspecified atom stereocenters. The van der Waals surface area contributed by atoms with Gasteiger partial charge in [0.1, 0.15) is 17.8 Å². The summed E-state index contributed by atoms with van der Waals surface area (Å²) in [6.07, 6.45) is 5.34. The van der Waals surface area contributed by atoms with Gasteiger partial charge in [0.2, 0.25) is 0 Å². The fourth-order valence-corrected chi connectivity index (χ4v) is 2.55. The van der Waals surface area contributed by atoms with Gasteiger partial charge in [-0.3, -0.25) is 0 Å². The molecule has 4 rings (SSSR count). The van der Waals surface area contributed by atoms with Crippen LogP contribution in [0.4, 0.5) is 5.82 Å². The second-order valence-corrected chi connectivity index (χ2v) is 5.00. The number of ether oxygens (including phenoxy) is 1. The Hall–Kier alpha value is -2.47. The Morgan fingerprint density at radius 2 is 2.00 bits per heavy atom. The van der Waals surface area contributed by atoms with E-state index in [9.17, 15) is 0 Å². The zero-order chi connectivity index (χ0) is 14.1. The van der Waals surface area contributed by atoms with Gasteiger partial charge in [0.15, 0.2) is 0 Å². The molecule has 6 nitrogen and oxygen atoms in total. The molecule has 6 heteroatoms. The fraction of sp³-hybridized carbons (Fsp3) is 0.267. The zero-order valence-electron chi connectivity index (χ0n) is 11.5. The second kappa shape index (κ2) is 5.14. The van der Waals surface area contributed by atoms with Crippen molar-refractivity contribution in [2.45, 2.75) is 0 Å². The normalized spacial score (nSPS) is 15.5. The van der Waals surface area contributed by atoms with Crippen LogP contribution in [0.2, 0.25) is 0 Å². The number of hydrogen-bond acceptors (Lipinski definition) is 5. The Labute approximate surface area is 121 Å². The van der Waals surface area contributed by atoms with Gasteiger partial charge in [0.05, 0.1) is 18.9 Å². The molecule has 0 atom stereocenters. The standard InChI is InChI=1S/C15H15N5O/c1-2-16-15-11(1)7-12(9-17-15)13-8-14(19-10-18-13)20-3-5-21-6-4-20/h1-2,7-10H,3-6H2,(H,16,17). The maximum absolute atomic E-state index is 5.38. The molecule has 1 fully saturated rings. The molecule has 1 N–H and O–H groups in total. The highest BCUT2D eigenvalue weighted by molar-refractivity contribution is 5.80. The fourth-order valence-electron chi connectivity index (χ4n) is 2.55. The Morgan fingerprint density at radius 3 is 2.90 bits per heavy atom. The molecule has 1 aliphatic rings. The molecule has 1 aliphatic heterocycles. The van der Waals surface area contributed by atoms with E-state index in [1.807, 2.05) is 24.5 Å². The Balaban J connectivity index is 1.70. The number of nitrogens with one attached hydrogen (secondary N) is 1. The lowest BCUT2D eigenvalue weighted by molar-refractivity contribution is 0.122. The SMILES string of the molecule is c1nc(-c2cnc3[nH]ccc3c2)cc(N2CCOCC2)n1. The number of anilines is 1. The number of aromatic nitrogens is 4. The maximum atomic E-state index is 5.38. The van der Waals surface area contributed by atoms with E-state index in [0.717, 1.165) is 54.4 Å². The summed E-state index contributed by atoms with van der Waals surface area (Å²) < 4.78 is 5.38. The molecule has 0 aromatic carbocycles. The van der Waals surface area contributed by atoms with E-state index >= 15 is 0 Å². The monoisotopic (exact) mass is 281 g/mol. The first-order valence-corrected chi connectivity index (χ1v) is 6.98. The molecule has 0 bridgehead atoms. The number of fused-ring (bicyclic) bond motifs is 1. The summed E-state index contributed by atoms with van der Waals surface area (Å²) in [4.78, 5) is 18.5. The summed E-state index contributed by atoms with van der Waals surface area (Å²) in [5, 5.41) is 1.08. The van der Waals surface area contributed by atoms with E-state index in [4.69, 9.17) is 4.74 Å². The van der Waals surface area contributed by atoms with Gasteiger partial charge in [0, 0.05) is 42.5 Å². The lowest BCUT2D eigenvalue weighted by Crippen LogP contribution is -2.36. The number of rotatable bonds is 2. The van der Waals surface area contributed by atoms with E-state index in [1.54, 1.807) is 6.33 Å². The van der Waals surface area contributed by atoms with E-state index in [-0.39, 0.29) is 0 Å². The van der Waals surface area contributed by atoms with Crippen LogP contribution in [0.5, 0.6) is 0 Å². The minimum atomic E-state index is 0.746. The quantitative estimate of drug-likeness (QED) is 0.776. The predicted octanol–water partition coefficient (Wildman–Crippen LogP) is 1.86. The van der Waals surface area contributed by atoms with Crippen LogP contribution in [0, 0.1) is 0 Å². The van der Waals surface area contributed by atoms with Gasteiger partial charge in [0.25, 0.3) is 0 Å². The van der Waals surface area contributed by atoms with Crippen molar-refractivity contribution in [1.82, 2.24) is 19.9 Å². The maximum Gasteiger partial charge on any atom is 0.137 e. The van der Waals surface area contributed by atoms with E-state index < -0.39 is 0 Å². The third-order valence-electron chi connectivity index (χ3n) is 3.68. The highest BCUT2D eigenvalue weighted by Crippen LogP contribution is 2.23. The topological polar surface area (TPSA) is 66.9 Å². The van der Waals surface area contributed by atoms with Crippen molar-refractivity contribution >= 4 is 16.9 Å². The Kier molecular flexibility index (Phi) is 3.01. The van der Waals surface area contributed by atoms with Gasteiger partial charge < -0.3 is 14.6 Å². The van der Waals surface area contributed by atoms with Crippen LogP contribution >= 0.6 is 0 Å².